The Morgan fingerprint density at radius 1 is 1.44 bits per heavy atom. The molecule has 3 heterocycles. The van der Waals surface area contributed by atoms with E-state index in [0.717, 1.165) is 50.8 Å². The normalized spacial score (nSPS) is 17.1. The maximum Gasteiger partial charge on any atom is 0.193 e. The van der Waals surface area contributed by atoms with Crippen LogP contribution in [0.5, 0.6) is 0 Å². The number of H-pyrrole nitrogens is 1. The van der Waals surface area contributed by atoms with Crippen LogP contribution in [-0.4, -0.2) is 52.2 Å². The number of hydrogen-bond donors (Lipinski definition) is 2. The van der Waals surface area contributed by atoms with Gasteiger partial charge in [-0.2, -0.15) is 5.10 Å². The van der Waals surface area contributed by atoms with Gasteiger partial charge in [-0.1, -0.05) is 19.9 Å². The summed E-state index contributed by atoms with van der Waals surface area (Å²) >= 11 is 1.81. The predicted molar refractivity (Wildman–Crippen MR) is 103 cm³/mol. The third-order valence-electron chi connectivity index (χ3n) is 4.76. The molecule has 2 aromatic rings. The van der Waals surface area contributed by atoms with E-state index >= 15 is 0 Å². The number of thiophene rings is 1. The molecule has 0 bridgehead atoms. The van der Waals surface area contributed by atoms with E-state index in [9.17, 15) is 0 Å². The van der Waals surface area contributed by atoms with Crippen molar-refractivity contribution in [2.75, 3.05) is 26.2 Å². The van der Waals surface area contributed by atoms with Crippen molar-refractivity contribution in [3.8, 4) is 0 Å². The van der Waals surface area contributed by atoms with E-state index in [4.69, 9.17) is 4.99 Å². The maximum atomic E-state index is 4.95. The van der Waals surface area contributed by atoms with E-state index in [0.29, 0.717) is 5.92 Å². The highest BCUT2D eigenvalue weighted by Crippen LogP contribution is 2.28. The van der Waals surface area contributed by atoms with Gasteiger partial charge in [0.25, 0.3) is 0 Å². The summed E-state index contributed by atoms with van der Waals surface area (Å²) in [6, 6.07) is 4.32. The number of guanidine groups is 1. The molecule has 0 saturated carbocycles. The Bertz CT molecular complexity index is 654. The molecule has 2 N–H and O–H groups in total. The molecule has 0 aliphatic carbocycles. The Hall–Kier alpha value is -1.89. The molecule has 0 aromatic carbocycles. The molecule has 25 heavy (non-hydrogen) atoms. The summed E-state index contributed by atoms with van der Waals surface area (Å²) in [5.41, 5.74) is 0.0625. The van der Waals surface area contributed by atoms with Gasteiger partial charge in [-0.25, -0.2) is 4.98 Å². The quantitative estimate of drug-likeness (QED) is 0.635. The van der Waals surface area contributed by atoms with Crippen LogP contribution in [0.3, 0.4) is 0 Å². The van der Waals surface area contributed by atoms with Gasteiger partial charge in [0, 0.05) is 35.8 Å². The molecule has 0 radical (unpaired) electrons. The molecule has 1 aliphatic heterocycles. The van der Waals surface area contributed by atoms with Gasteiger partial charge in [0.1, 0.15) is 12.2 Å². The summed E-state index contributed by atoms with van der Waals surface area (Å²) < 4.78 is 0. The van der Waals surface area contributed by atoms with Crippen LogP contribution in [0.1, 0.15) is 50.2 Å². The van der Waals surface area contributed by atoms with Gasteiger partial charge in [-0.15, -0.1) is 11.3 Å². The molecule has 7 heteroatoms. The largest absolute Gasteiger partial charge is 0.357 e. The van der Waals surface area contributed by atoms with Gasteiger partial charge in [-0.05, 0) is 31.2 Å². The molecule has 0 spiro atoms. The highest BCUT2D eigenvalue weighted by Gasteiger charge is 2.26. The van der Waals surface area contributed by atoms with Crippen LogP contribution in [0.25, 0.3) is 0 Å². The van der Waals surface area contributed by atoms with E-state index < -0.39 is 0 Å². The number of aliphatic imine (C=N–C) groups is 1. The Kier molecular flexibility index (Phi) is 5.73. The number of aromatic nitrogens is 3. The molecule has 0 amide bonds. The number of rotatable bonds is 5. The first-order chi connectivity index (χ1) is 12.1. The maximum absolute atomic E-state index is 4.95. The molecule has 0 unspecified atom stereocenters. The van der Waals surface area contributed by atoms with Crippen molar-refractivity contribution in [3.05, 3.63) is 34.5 Å². The zero-order valence-electron chi connectivity index (χ0n) is 15.3. The first-order valence-corrected chi connectivity index (χ1v) is 9.90. The predicted octanol–water partition coefficient (Wildman–Crippen LogP) is 2.99. The Labute approximate surface area is 153 Å². The molecule has 0 atom stereocenters. The lowest BCUT2D eigenvalue weighted by Crippen LogP contribution is -2.46. The fraction of sp³-hybridized carbons (Fsp3) is 0.611. The molecule has 6 nitrogen and oxygen atoms in total. The zero-order valence-corrected chi connectivity index (χ0v) is 16.1. The van der Waals surface area contributed by atoms with Gasteiger partial charge >= 0.3 is 0 Å². The lowest BCUT2D eigenvalue weighted by molar-refractivity contribution is 0.298. The lowest BCUT2D eigenvalue weighted by atomic mass is 9.92. The van der Waals surface area contributed by atoms with Crippen LogP contribution < -0.4 is 5.32 Å². The molecule has 1 saturated heterocycles. The van der Waals surface area contributed by atoms with Gasteiger partial charge in [0.15, 0.2) is 5.96 Å². The van der Waals surface area contributed by atoms with Crippen molar-refractivity contribution >= 4 is 17.3 Å². The van der Waals surface area contributed by atoms with E-state index in [1.54, 1.807) is 6.33 Å². The molecule has 3 rings (SSSR count). The molecule has 1 fully saturated rings. The van der Waals surface area contributed by atoms with E-state index in [-0.39, 0.29) is 5.41 Å². The first kappa shape index (κ1) is 17.9. The van der Waals surface area contributed by atoms with Crippen LogP contribution in [0, 0.1) is 0 Å². The monoisotopic (exact) mass is 360 g/mol. The second-order valence-corrected chi connectivity index (χ2v) is 8.11. The van der Waals surface area contributed by atoms with Crippen LogP contribution in [0.2, 0.25) is 0 Å². The minimum Gasteiger partial charge on any atom is -0.357 e. The van der Waals surface area contributed by atoms with Crippen LogP contribution >= 0.6 is 11.3 Å². The topological polar surface area (TPSA) is 69.2 Å². The summed E-state index contributed by atoms with van der Waals surface area (Å²) in [7, 11) is 0. The number of piperidine rings is 1. The molecular weight excluding hydrogens is 332 g/mol. The third kappa shape index (κ3) is 4.39. The lowest BCUT2D eigenvalue weighted by Gasteiger charge is -2.34. The highest BCUT2D eigenvalue weighted by atomic mass is 32.1. The fourth-order valence-electron chi connectivity index (χ4n) is 3.22. The van der Waals surface area contributed by atoms with E-state index in [1.165, 1.54) is 4.88 Å². The van der Waals surface area contributed by atoms with Gasteiger partial charge in [0.2, 0.25) is 0 Å². The van der Waals surface area contributed by atoms with Crippen LogP contribution in [0.15, 0.2) is 28.8 Å². The number of nitrogens with one attached hydrogen (secondary N) is 2. The van der Waals surface area contributed by atoms with Gasteiger partial charge in [0.05, 0.1) is 6.54 Å². The van der Waals surface area contributed by atoms with Crippen molar-refractivity contribution in [1.82, 2.24) is 25.4 Å². The second-order valence-electron chi connectivity index (χ2n) is 7.16. The van der Waals surface area contributed by atoms with Crippen molar-refractivity contribution in [3.63, 3.8) is 0 Å². The molecular formula is C18H28N6S. The highest BCUT2D eigenvalue weighted by molar-refractivity contribution is 7.10. The SMILES string of the molecule is CCNC(=NCC(C)(C)c1cccs1)N1CCC(c2ncn[nH]2)CC1. The summed E-state index contributed by atoms with van der Waals surface area (Å²) in [5.74, 6) is 2.52. The summed E-state index contributed by atoms with van der Waals surface area (Å²) in [5, 5.41) is 12.6. The minimum absolute atomic E-state index is 0.0625. The second kappa shape index (κ2) is 7.99. The standard InChI is InChI=1S/C18H28N6S/c1-4-19-17(20-12-18(2,3)15-6-5-11-25-15)24-9-7-14(8-10-24)16-21-13-22-23-16/h5-6,11,13-14H,4,7-10,12H2,1-3H3,(H,19,20)(H,21,22,23). The number of nitrogens with zero attached hydrogens (tertiary/aromatic N) is 4. The zero-order chi connectivity index (χ0) is 17.7. The van der Waals surface area contributed by atoms with Gasteiger partial charge in [-0.3, -0.25) is 10.1 Å². The average molecular weight is 361 g/mol. The van der Waals surface area contributed by atoms with Crippen molar-refractivity contribution in [1.29, 1.82) is 0 Å². The third-order valence-corrected chi connectivity index (χ3v) is 6.00. The van der Waals surface area contributed by atoms with Crippen LogP contribution in [0.4, 0.5) is 0 Å². The Morgan fingerprint density at radius 2 is 2.24 bits per heavy atom. The molecule has 1 aliphatic rings. The van der Waals surface area contributed by atoms with E-state index in [2.05, 4.69) is 63.7 Å². The summed E-state index contributed by atoms with van der Waals surface area (Å²) in [6.07, 6.45) is 3.75. The van der Waals surface area contributed by atoms with Crippen LogP contribution in [-0.2, 0) is 5.41 Å². The molecule has 2 aromatic heterocycles. The number of aromatic amines is 1. The summed E-state index contributed by atoms with van der Waals surface area (Å²) in [4.78, 5) is 13.0. The Morgan fingerprint density at radius 3 is 2.84 bits per heavy atom. The fourth-order valence-corrected chi connectivity index (χ4v) is 4.06. The van der Waals surface area contributed by atoms with Gasteiger partial charge < -0.3 is 10.2 Å². The van der Waals surface area contributed by atoms with Crippen molar-refractivity contribution in [2.45, 2.75) is 44.9 Å². The number of hydrogen-bond acceptors (Lipinski definition) is 4. The van der Waals surface area contributed by atoms with Crippen molar-refractivity contribution < 1.29 is 0 Å². The first-order valence-electron chi connectivity index (χ1n) is 9.02. The average Bonchev–Trinajstić information content (AvgIpc) is 3.32. The molecule has 136 valence electrons. The van der Waals surface area contributed by atoms with Crippen molar-refractivity contribution in [2.24, 2.45) is 4.99 Å². The Balaban J connectivity index is 1.63. The number of likely N-dealkylation sites (tertiary alicyclic amines) is 1. The summed E-state index contributed by atoms with van der Waals surface area (Å²) in [6.45, 7) is 10.3. The minimum atomic E-state index is 0.0625. The smallest absolute Gasteiger partial charge is 0.193 e. The van der Waals surface area contributed by atoms with E-state index in [1.807, 2.05) is 11.3 Å².